The van der Waals surface area contributed by atoms with Crippen molar-refractivity contribution in [2.75, 3.05) is 0 Å². The Morgan fingerprint density at radius 3 is 2.60 bits per heavy atom. The molecule has 0 fully saturated rings. The molecule has 0 aromatic heterocycles. The smallest absolute Gasteiger partial charge is 0.0496 e. The number of aromatic hydroxyl groups is 1. The van der Waals surface area contributed by atoms with Crippen LogP contribution in [0.2, 0.25) is 0 Å². The van der Waals surface area contributed by atoms with Gasteiger partial charge in [-0.15, -0.1) is 12.1 Å². The Balaban J connectivity index is 0.000000810. The quantitative estimate of drug-likeness (QED) is 0.651. The SMILES string of the molecule is Cc1c[c-]c(O)c(F)c1.[Y]. The fraction of sp³-hybridized carbons (Fsp3) is 0.143. The van der Waals surface area contributed by atoms with E-state index in [1.807, 2.05) is 0 Å². The van der Waals surface area contributed by atoms with Crippen LogP contribution in [0.3, 0.4) is 0 Å². The van der Waals surface area contributed by atoms with Crippen molar-refractivity contribution in [1.29, 1.82) is 0 Å². The van der Waals surface area contributed by atoms with Gasteiger partial charge in [0, 0.05) is 44.3 Å². The maximum Gasteiger partial charge on any atom is 0.0496 e. The van der Waals surface area contributed by atoms with Crippen LogP contribution in [0.5, 0.6) is 5.75 Å². The number of phenolic OH excluding ortho intramolecular Hbond substituents is 1. The molecule has 0 aliphatic heterocycles. The molecule has 1 N–H and O–H groups in total. The first-order valence-corrected chi connectivity index (χ1v) is 2.57. The van der Waals surface area contributed by atoms with E-state index in [9.17, 15) is 4.39 Å². The molecule has 0 unspecified atom stereocenters. The summed E-state index contributed by atoms with van der Waals surface area (Å²) < 4.78 is 12.3. The van der Waals surface area contributed by atoms with Gasteiger partial charge in [-0.3, -0.25) is 4.39 Å². The number of benzene rings is 1. The summed E-state index contributed by atoms with van der Waals surface area (Å²) >= 11 is 0. The zero-order valence-electron chi connectivity index (χ0n) is 5.56. The Kier molecular flexibility index (Phi) is 4.06. The van der Waals surface area contributed by atoms with Gasteiger partial charge in [0.2, 0.25) is 0 Å². The second-order valence-corrected chi connectivity index (χ2v) is 1.87. The maximum absolute atomic E-state index is 12.3. The van der Waals surface area contributed by atoms with Crippen molar-refractivity contribution in [2.45, 2.75) is 6.92 Å². The van der Waals surface area contributed by atoms with Gasteiger partial charge in [0.15, 0.2) is 0 Å². The third-order valence-electron chi connectivity index (χ3n) is 1.02. The topological polar surface area (TPSA) is 20.2 Å². The first-order chi connectivity index (χ1) is 4.20. The number of phenols is 1. The molecule has 1 aromatic rings. The van der Waals surface area contributed by atoms with Gasteiger partial charge in [-0.25, -0.2) is 0 Å². The number of hydrogen-bond donors (Lipinski definition) is 1. The minimum Gasteiger partial charge on any atom is -0.531 e. The molecule has 3 heteroatoms. The summed E-state index contributed by atoms with van der Waals surface area (Å²) in [6.07, 6.45) is 0. The number of halogens is 1. The van der Waals surface area contributed by atoms with E-state index in [4.69, 9.17) is 5.11 Å². The van der Waals surface area contributed by atoms with E-state index in [-0.39, 0.29) is 32.7 Å². The van der Waals surface area contributed by atoms with Crippen LogP contribution >= 0.6 is 0 Å². The Bertz CT molecular complexity index is 225. The monoisotopic (exact) mass is 214 g/mol. The van der Waals surface area contributed by atoms with E-state index < -0.39 is 11.6 Å². The summed E-state index contributed by atoms with van der Waals surface area (Å²) in [5, 5.41) is 8.61. The van der Waals surface area contributed by atoms with Crippen molar-refractivity contribution >= 4 is 0 Å². The van der Waals surface area contributed by atoms with E-state index in [0.29, 0.717) is 0 Å². The summed E-state index contributed by atoms with van der Waals surface area (Å²) in [5.74, 6) is -1.03. The molecule has 0 heterocycles. The second kappa shape index (κ2) is 4.04. The zero-order chi connectivity index (χ0) is 6.85. The van der Waals surface area contributed by atoms with E-state index in [2.05, 4.69) is 6.07 Å². The summed E-state index contributed by atoms with van der Waals surface area (Å²) in [6.45, 7) is 1.74. The first kappa shape index (κ1) is 10.1. The predicted octanol–water partition coefficient (Wildman–Crippen LogP) is 1.64. The van der Waals surface area contributed by atoms with Crippen LogP contribution in [0.4, 0.5) is 4.39 Å². The van der Waals surface area contributed by atoms with Crippen LogP contribution in [0.15, 0.2) is 12.1 Å². The molecule has 0 saturated carbocycles. The third kappa shape index (κ3) is 2.35. The van der Waals surface area contributed by atoms with Crippen LogP contribution < -0.4 is 0 Å². The Morgan fingerprint density at radius 2 is 2.20 bits per heavy atom. The van der Waals surface area contributed by atoms with Gasteiger partial charge in [0.05, 0.1) is 0 Å². The molecular weight excluding hydrogens is 208 g/mol. The Labute approximate surface area is 84.1 Å². The molecule has 0 aliphatic carbocycles. The largest absolute Gasteiger partial charge is 0.531 e. The summed E-state index contributed by atoms with van der Waals surface area (Å²) in [6, 6.07) is 5.13. The van der Waals surface area contributed by atoms with Crippen LogP contribution in [0.1, 0.15) is 5.56 Å². The van der Waals surface area contributed by atoms with Crippen molar-refractivity contribution in [1.82, 2.24) is 0 Å². The normalized spacial score (nSPS) is 8.60. The van der Waals surface area contributed by atoms with Crippen molar-refractivity contribution in [3.05, 3.63) is 29.6 Å². The van der Waals surface area contributed by atoms with Crippen LogP contribution in [0.25, 0.3) is 0 Å². The van der Waals surface area contributed by atoms with Crippen molar-refractivity contribution in [3.63, 3.8) is 0 Å². The first-order valence-electron chi connectivity index (χ1n) is 2.57. The molecule has 1 nitrogen and oxygen atoms in total. The van der Waals surface area contributed by atoms with Crippen molar-refractivity contribution < 1.29 is 42.2 Å². The molecule has 0 bridgehead atoms. The summed E-state index contributed by atoms with van der Waals surface area (Å²) in [5.41, 5.74) is 0.755. The second-order valence-electron chi connectivity index (χ2n) is 1.87. The fourth-order valence-corrected chi connectivity index (χ4v) is 0.561. The van der Waals surface area contributed by atoms with Crippen LogP contribution in [-0.2, 0) is 32.7 Å². The van der Waals surface area contributed by atoms with E-state index >= 15 is 0 Å². The molecule has 51 valence electrons. The van der Waals surface area contributed by atoms with E-state index in [1.165, 1.54) is 12.1 Å². The molecule has 0 amide bonds. The van der Waals surface area contributed by atoms with Gasteiger partial charge in [-0.2, -0.15) is 11.6 Å². The van der Waals surface area contributed by atoms with Gasteiger partial charge in [0.25, 0.3) is 0 Å². The van der Waals surface area contributed by atoms with Gasteiger partial charge in [-0.1, -0.05) is 6.92 Å². The van der Waals surface area contributed by atoms with Gasteiger partial charge in [0.1, 0.15) is 0 Å². The molecule has 0 saturated heterocycles. The number of rotatable bonds is 0. The minimum absolute atomic E-state index is 0. The standard InChI is InChI=1S/C7H6FO.Y/c1-5-2-3-7(9)6(8)4-5;/h2,4,9H,1H3;/q-1;. The van der Waals surface area contributed by atoms with Gasteiger partial charge >= 0.3 is 0 Å². The Morgan fingerprint density at radius 1 is 1.60 bits per heavy atom. The van der Waals surface area contributed by atoms with Crippen molar-refractivity contribution in [3.8, 4) is 5.75 Å². The molecule has 0 aliphatic rings. The van der Waals surface area contributed by atoms with Gasteiger partial charge in [-0.05, 0) is 0 Å². The maximum atomic E-state index is 12.3. The van der Waals surface area contributed by atoms with Gasteiger partial charge < -0.3 is 5.11 Å². The summed E-state index contributed by atoms with van der Waals surface area (Å²) in [4.78, 5) is 0. The number of hydrogen-bond acceptors (Lipinski definition) is 1. The molecule has 1 aromatic carbocycles. The molecular formula is C7H6FOY-. The molecule has 10 heavy (non-hydrogen) atoms. The zero-order valence-corrected chi connectivity index (χ0v) is 8.40. The van der Waals surface area contributed by atoms with Crippen LogP contribution in [-0.4, -0.2) is 5.11 Å². The third-order valence-corrected chi connectivity index (χ3v) is 1.02. The van der Waals surface area contributed by atoms with E-state index in [0.717, 1.165) is 5.56 Å². The van der Waals surface area contributed by atoms with Crippen LogP contribution in [0, 0.1) is 18.8 Å². The fourth-order valence-electron chi connectivity index (χ4n) is 0.561. The molecule has 0 spiro atoms. The predicted molar refractivity (Wildman–Crippen MR) is 31.6 cm³/mol. The average molecular weight is 214 g/mol. The van der Waals surface area contributed by atoms with E-state index in [1.54, 1.807) is 6.92 Å². The average Bonchev–Trinajstić information content (AvgIpc) is 1.80. The molecule has 0 atom stereocenters. The Hall–Kier alpha value is 0.0539. The molecule has 1 rings (SSSR count). The van der Waals surface area contributed by atoms with Crippen molar-refractivity contribution in [2.24, 2.45) is 0 Å². The molecule has 1 radical (unpaired) electrons. The summed E-state index contributed by atoms with van der Waals surface area (Å²) in [7, 11) is 0. The minimum atomic E-state index is -0.616. The number of aryl methyl sites for hydroxylation is 1.